The molecule has 0 radical (unpaired) electrons. The lowest BCUT2D eigenvalue weighted by atomic mass is 9.86. The Labute approximate surface area is 288 Å². The first-order valence-corrected chi connectivity index (χ1v) is 17.1. The number of aromatic nitrogens is 2. The summed E-state index contributed by atoms with van der Waals surface area (Å²) in [6.45, 7) is 1.91. The minimum absolute atomic E-state index is 0.0361. The number of benzene rings is 4. The van der Waals surface area contributed by atoms with Crippen LogP contribution in [0.5, 0.6) is 0 Å². The van der Waals surface area contributed by atoms with Crippen molar-refractivity contribution in [3.8, 4) is 11.1 Å². The zero-order valence-corrected chi connectivity index (χ0v) is 29.4. The van der Waals surface area contributed by atoms with E-state index in [9.17, 15) is 18.6 Å². The molecule has 0 aliphatic carbocycles. The first-order chi connectivity index (χ1) is 21.8. The summed E-state index contributed by atoms with van der Waals surface area (Å²) < 4.78 is 27.8. The Morgan fingerprint density at radius 3 is 1.67 bits per heavy atom. The molecule has 6 N–H and O–H groups in total. The molecule has 0 saturated heterocycles. The van der Waals surface area contributed by atoms with E-state index < -0.39 is 21.4 Å². The average molecular weight is 774 g/mol. The van der Waals surface area contributed by atoms with E-state index in [1.54, 1.807) is 43.3 Å². The van der Waals surface area contributed by atoms with E-state index in [1.165, 1.54) is 20.3 Å². The number of nitrogens with two attached hydrogens (primary N) is 2. The molecule has 0 saturated carbocycles. The van der Waals surface area contributed by atoms with E-state index in [4.69, 9.17) is 23.1 Å². The van der Waals surface area contributed by atoms with Gasteiger partial charge in [0.15, 0.2) is 0 Å². The van der Waals surface area contributed by atoms with Crippen molar-refractivity contribution in [3.05, 3.63) is 146 Å². The van der Waals surface area contributed by atoms with Gasteiger partial charge < -0.3 is 21.7 Å². The van der Waals surface area contributed by atoms with Crippen LogP contribution in [0, 0.1) is 10.5 Å². The maximum atomic E-state index is 12.3. The second kappa shape index (κ2) is 14.7. The van der Waals surface area contributed by atoms with Crippen molar-refractivity contribution in [1.29, 1.82) is 0 Å². The number of aliphatic hydroxyl groups is 2. The lowest BCUT2D eigenvalue weighted by Gasteiger charge is -2.28. The Bertz CT molecular complexity index is 1810. The summed E-state index contributed by atoms with van der Waals surface area (Å²) >= 11 is 8.08. The van der Waals surface area contributed by atoms with E-state index >= 15 is 0 Å². The predicted molar refractivity (Wildman–Crippen MR) is 192 cm³/mol. The summed E-state index contributed by atoms with van der Waals surface area (Å²) in [7, 11) is -0.763. The maximum absolute atomic E-state index is 12.3. The topological polar surface area (TPSA) is 148 Å². The van der Waals surface area contributed by atoms with Gasteiger partial charge in [-0.15, -0.1) is 0 Å². The SMILES string of the molecule is Cc1nn(S(=O)(=O)N(C)C)cc1-c1ccc(C(O)(CN)c2ccccc2)cc1.NCC(O)(c1ccc(Cl)cc1)c1ccc(I)cc1. The molecule has 0 aliphatic heterocycles. The number of hydrogen-bond donors (Lipinski definition) is 4. The fourth-order valence-corrected chi connectivity index (χ4v) is 6.18. The van der Waals surface area contributed by atoms with Crippen LogP contribution in [0.15, 0.2) is 109 Å². The zero-order chi connectivity index (χ0) is 33.7. The van der Waals surface area contributed by atoms with E-state index in [0.29, 0.717) is 27.4 Å². The Morgan fingerprint density at radius 1 is 0.783 bits per heavy atom. The average Bonchev–Trinajstić information content (AvgIpc) is 3.47. The van der Waals surface area contributed by atoms with Crippen molar-refractivity contribution in [3.63, 3.8) is 0 Å². The van der Waals surface area contributed by atoms with Crippen LogP contribution in [-0.4, -0.2) is 59.3 Å². The van der Waals surface area contributed by atoms with E-state index in [2.05, 4.69) is 27.7 Å². The molecule has 4 aromatic carbocycles. The van der Waals surface area contributed by atoms with Crippen molar-refractivity contribution < 1.29 is 18.6 Å². The van der Waals surface area contributed by atoms with E-state index in [-0.39, 0.29) is 13.1 Å². The van der Waals surface area contributed by atoms with Crippen molar-refractivity contribution in [2.45, 2.75) is 18.1 Å². The molecule has 0 bridgehead atoms. The molecular formula is C34H37ClIN5O4S. The third kappa shape index (κ3) is 7.53. The summed E-state index contributed by atoms with van der Waals surface area (Å²) in [5.41, 5.74) is 14.2. The summed E-state index contributed by atoms with van der Waals surface area (Å²) in [5, 5.41) is 26.7. The Morgan fingerprint density at radius 2 is 1.22 bits per heavy atom. The Kier molecular flexibility index (Phi) is 11.4. The second-order valence-corrected chi connectivity index (χ2v) is 14.6. The maximum Gasteiger partial charge on any atom is 0.322 e. The van der Waals surface area contributed by atoms with Crippen LogP contribution in [-0.2, 0) is 21.4 Å². The first kappa shape index (κ1) is 35.7. The molecule has 2 atom stereocenters. The molecule has 0 fully saturated rings. The fourth-order valence-electron chi connectivity index (χ4n) is 4.90. The van der Waals surface area contributed by atoms with Gasteiger partial charge in [-0.2, -0.15) is 21.9 Å². The summed E-state index contributed by atoms with van der Waals surface area (Å²) in [5.74, 6) is 0. The smallest absolute Gasteiger partial charge is 0.322 e. The van der Waals surface area contributed by atoms with Crippen LogP contribution in [0.1, 0.15) is 27.9 Å². The summed E-state index contributed by atoms with van der Waals surface area (Å²) in [6, 6.07) is 31.3. The van der Waals surface area contributed by atoms with Crippen LogP contribution >= 0.6 is 34.2 Å². The third-order valence-corrected chi connectivity index (χ3v) is 10.3. The molecule has 5 rings (SSSR count). The lowest BCUT2D eigenvalue weighted by molar-refractivity contribution is 0.0899. The molecule has 242 valence electrons. The van der Waals surface area contributed by atoms with Gasteiger partial charge in [0.2, 0.25) is 0 Å². The molecule has 0 aliphatic rings. The fraction of sp³-hybridized carbons (Fsp3) is 0.206. The highest BCUT2D eigenvalue weighted by Crippen LogP contribution is 2.32. The summed E-state index contributed by atoms with van der Waals surface area (Å²) in [6.07, 6.45) is 1.49. The molecule has 46 heavy (non-hydrogen) atoms. The van der Waals surface area contributed by atoms with Crippen molar-refractivity contribution in [1.82, 2.24) is 13.5 Å². The number of rotatable bonds is 9. The lowest BCUT2D eigenvalue weighted by Crippen LogP contribution is -2.36. The number of hydrogen-bond acceptors (Lipinski definition) is 7. The van der Waals surface area contributed by atoms with Crippen LogP contribution in [0.25, 0.3) is 11.1 Å². The molecular weight excluding hydrogens is 737 g/mol. The molecule has 0 amide bonds. The number of halogens is 2. The molecule has 12 heteroatoms. The zero-order valence-electron chi connectivity index (χ0n) is 25.7. The van der Waals surface area contributed by atoms with Gasteiger partial charge in [0.25, 0.3) is 0 Å². The van der Waals surface area contributed by atoms with Gasteiger partial charge >= 0.3 is 10.2 Å². The molecule has 5 aromatic rings. The minimum atomic E-state index is -3.68. The molecule has 1 heterocycles. The van der Waals surface area contributed by atoms with Crippen LogP contribution in [0.3, 0.4) is 0 Å². The van der Waals surface area contributed by atoms with Gasteiger partial charge in [0.1, 0.15) is 11.2 Å². The first-order valence-electron chi connectivity index (χ1n) is 14.3. The number of nitrogens with zero attached hydrogens (tertiary/aromatic N) is 3. The normalized spacial score (nSPS) is 14.2. The molecule has 1 aromatic heterocycles. The Hall–Kier alpha value is -3.14. The van der Waals surface area contributed by atoms with Crippen LogP contribution in [0.2, 0.25) is 5.02 Å². The van der Waals surface area contributed by atoms with Gasteiger partial charge in [0.05, 0.1) is 11.9 Å². The van der Waals surface area contributed by atoms with Crippen molar-refractivity contribution in [2.75, 3.05) is 27.2 Å². The number of aryl methyl sites for hydroxylation is 1. The second-order valence-electron chi connectivity index (χ2n) is 10.9. The molecule has 0 spiro atoms. The monoisotopic (exact) mass is 773 g/mol. The molecule has 2 unspecified atom stereocenters. The van der Waals surface area contributed by atoms with Crippen molar-refractivity contribution in [2.24, 2.45) is 11.5 Å². The minimum Gasteiger partial charge on any atom is -0.379 e. The highest BCUT2D eigenvalue weighted by atomic mass is 127. The van der Waals surface area contributed by atoms with E-state index in [0.717, 1.165) is 28.7 Å². The standard InChI is InChI=1S/C20H24N4O3S.C14H13ClINO/c1-15-19(13-24(22-15)28(26,27)23(2)3)16-9-11-18(12-10-16)20(25,14-21)17-7-5-4-6-8-17;15-12-5-1-10(2-6-12)14(18,9-17)11-3-7-13(16)8-4-11/h4-13,25H,14,21H2,1-3H3;1-8,18H,9,17H2. The quantitative estimate of drug-likeness (QED) is 0.157. The highest BCUT2D eigenvalue weighted by Gasteiger charge is 2.31. The van der Waals surface area contributed by atoms with Gasteiger partial charge in [-0.05, 0) is 81.6 Å². The van der Waals surface area contributed by atoms with Gasteiger partial charge in [-0.25, -0.2) is 0 Å². The third-order valence-electron chi connectivity index (χ3n) is 7.73. The predicted octanol–water partition coefficient (Wildman–Crippen LogP) is 4.85. The van der Waals surface area contributed by atoms with Crippen LogP contribution < -0.4 is 11.5 Å². The largest absolute Gasteiger partial charge is 0.379 e. The van der Waals surface area contributed by atoms with Gasteiger partial charge in [-0.1, -0.05) is 90.5 Å². The van der Waals surface area contributed by atoms with Gasteiger partial charge in [0, 0.05) is 41.3 Å². The summed E-state index contributed by atoms with van der Waals surface area (Å²) in [4.78, 5) is 0. The van der Waals surface area contributed by atoms with Crippen molar-refractivity contribution >= 4 is 44.4 Å². The molecule has 9 nitrogen and oxygen atoms in total. The highest BCUT2D eigenvalue weighted by molar-refractivity contribution is 14.1. The Balaban J connectivity index is 0.000000230. The van der Waals surface area contributed by atoms with Crippen LogP contribution in [0.4, 0.5) is 0 Å². The van der Waals surface area contributed by atoms with E-state index in [1.807, 2.05) is 66.7 Å². The van der Waals surface area contributed by atoms with Gasteiger partial charge in [-0.3, -0.25) is 0 Å².